The quantitative estimate of drug-likeness (QED) is 0.190. The molecule has 0 aliphatic rings. The van der Waals surface area contributed by atoms with Gasteiger partial charge in [-0.15, -0.1) is 0 Å². The molecular formula is C30H29FN10O. The monoisotopic (exact) mass is 564 g/mol. The van der Waals surface area contributed by atoms with Crippen LogP contribution < -0.4 is 10.6 Å². The third-order valence-electron chi connectivity index (χ3n) is 6.77. The van der Waals surface area contributed by atoms with Crippen LogP contribution in [0.4, 0.5) is 15.8 Å². The molecule has 0 unspecified atom stereocenters. The molecule has 0 bridgehead atoms. The molecule has 6 rings (SSSR count). The summed E-state index contributed by atoms with van der Waals surface area (Å²) in [5.74, 6) is 0.0781. The maximum Gasteiger partial charge on any atom is 0.224 e. The van der Waals surface area contributed by atoms with Crippen LogP contribution in [0.2, 0.25) is 0 Å². The van der Waals surface area contributed by atoms with Crippen LogP contribution in [0.15, 0.2) is 61.2 Å². The van der Waals surface area contributed by atoms with Gasteiger partial charge in [0.15, 0.2) is 5.82 Å². The van der Waals surface area contributed by atoms with E-state index in [9.17, 15) is 9.18 Å². The number of halogens is 1. The molecule has 0 atom stereocenters. The van der Waals surface area contributed by atoms with Crippen molar-refractivity contribution < 1.29 is 9.18 Å². The molecule has 4 N–H and O–H groups in total. The number of hydrogen-bond acceptors (Lipinski definition) is 8. The highest BCUT2D eigenvalue weighted by Gasteiger charge is 2.18. The second-order valence-electron chi connectivity index (χ2n) is 10.2. The Kier molecular flexibility index (Phi) is 7.28. The van der Waals surface area contributed by atoms with Crippen LogP contribution in [0.25, 0.3) is 56.0 Å². The third kappa shape index (κ3) is 5.52. The van der Waals surface area contributed by atoms with Crippen molar-refractivity contribution in [1.82, 2.24) is 40.0 Å². The summed E-state index contributed by atoms with van der Waals surface area (Å²) >= 11 is 0. The number of amides is 1. The third-order valence-corrected chi connectivity index (χ3v) is 6.77. The van der Waals surface area contributed by atoms with Gasteiger partial charge in [0, 0.05) is 54.1 Å². The Morgan fingerprint density at radius 2 is 1.83 bits per heavy atom. The van der Waals surface area contributed by atoms with Crippen molar-refractivity contribution in [2.24, 2.45) is 0 Å². The first-order chi connectivity index (χ1) is 20.4. The normalized spacial score (nSPS) is 11.5. The Morgan fingerprint density at radius 3 is 2.67 bits per heavy atom. The zero-order valence-electron chi connectivity index (χ0n) is 23.4. The van der Waals surface area contributed by atoms with E-state index in [1.807, 2.05) is 38.4 Å². The van der Waals surface area contributed by atoms with Gasteiger partial charge in [0.25, 0.3) is 0 Å². The van der Waals surface area contributed by atoms with Crippen LogP contribution in [0.3, 0.4) is 0 Å². The number of likely N-dealkylation sites (N-methyl/N-ethyl adjacent to an activating group) is 1. The molecule has 0 aliphatic heterocycles. The molecule has 6 aromatic rings. The fraction of sp³-hybridized carbons (Fsp3) is 0.200. The lowest BCUT2D eigenvalue weighted by Crippen LogP contribution is -2.20. The molecule has 0 spiro atoms. The molecule has 5 aromatic heterocycles. The number of aromatic nitrogens is 7. The number of pyridine rings is 3. The summed E-state index contributed by atoms with van der Waals surface area (Å²) in [7, 11) is 3.98. The zero-order chi connectivity index (χ0) is 29.2. The SMILES string of the molecule is CCC(=O)Nc1cncc(-c2cc3c(-c4nc5c(-c6cc(F)cc(NCCN(C)C)c6)nccc5[nH]4)n[nH]c3cn2)c1. The number of imidazole rings is 1. The van der Waals surface area contributed by atoms with Gasteiger partial charge in [-0.3, -0.25) is 24.8 Å². The number of carbonyl (C=O) groups excluding carboxylic acids is 1. The van der Waals surface area contributed by atoms with Crippen LogP contribution in [0.1, 0.15) is 13.3 Å². The molecule has 0 saturated carbocycles. The highest BCUT2D eigenvalue weighted by molar-refractivity contribution is 5.97. The molecule has 1 amide bonds. The minimum Gasteiger partial charge on any atom is -0.384 e. The lowest BCUT2D eigenvalue weighted by Gasteiger charge is -2.12. The van der Waals surface area contributed by atoms with Gasteiger partial charge in [0.1, 0.15) is 17.0 Å². The average molecular weight is 565 g/mol. The van der Waals surface area contributed by atoms with Gasteiger partial charge in [0.2, 0.25) is 5.91 Å². The van der Waals surface area contributed by atoms with Crippen molar-refractivity contribution in [3.8, 4) is 34.0 Å². The number of benzene rings is 1. The number of fused-ring (bicyclic) bond motifs is 2. The molecule has 0 radical (unpaired) electrons. The molecule has 212 valence electrons. The number of rotatable bonds is 9. The molecule has 12 heteroatoms. The maximum atomic E-state index is 14.6. The fourth-order valence-electron chi connectivity index (χ4n) is 4.66. The molecule has 11 nitrogen and oxygen atoms in total. The fourth-order valence-corrected chi connectivity index (χ4v) is 4.66. The Bertz CT molecular complexity index is 1910. The predicted molar refractivity (Wildman–Crippen MR) is 161 cm³/mol. The van der Waals surface area contributed by atoms with Crippen LogP contribution in [-0.4, -0.2) is 73.1 Å². The van der Waals surface area contributed by atoms with Crippen molar-refractivity contribution in [2.45, 2.75) is 13.3 Å². The highest BCUT2D eigenvalue weighted by atomic mass is 19.1. The van der Waals surface area contributed by atoms with E-state index in [1.54, 1.807) is 31.7 Å². The lowest BCUT2D eigenvalue weighted by atomic mass is 10.1. The standard InChI is InChI=1S/C30H29FN10O/c1-4-26(42)36-21-11-18(14-32-15-21)24-13-22-25(16-35-24)39-40-28(22)30-37-23-5-6-34-27(29(23)38-30)17-9-19(31)12-20(10-17)33-7-8-41(2)3/h5-6,9-16,33H,4,7-8H2,1-3H3,(H,36,42)(H,37,38)(H,39,40). The minimum atomic E-state index is -0.361. The molecular weight excluding hydrogens is 535 g/mol. The average Bonchev–Trinajstić information content (AvgIpc) is 3.60. The second kappa shape index (κ2) is 11.3. The largest absolute Gasteiger partial charge is 0.384 e. The van der Waals surface area contributed by atoms with Gasteiger partial charge in [-0.2, -0.15) is 5.10 Å². The van der Waals surface area contributed by atoms with Crippen molar-refractivity contribution >= 4 is 39.2 Å². The van der Waals surface area contributed by atoms with E-state index >= 15 is 0 Å². The summed E-state index contributed by atoms with van der Waals surface area (Å²) in [5.41, 5.74) is 6.54. The summed E-state index contributed by atoms with van der Waals surface area (Å²) in [6.07, 6.45) is 7.03. The summed E-state index contributed by atoms with van der Waals surface area (Å²) in [4.78, 5) is 35.5. The van der Waals surface area contributed by atoms with Crippen LogP contribution in [0.5, 0.6) is 0 Å². The minimum absolute atomic E-state index is 0.0942. The Balaban J connectivity index is 1.36. The number of carbonyl (C=O) groups is 1. The smallest absolute Gasteiger partial charge is 0.224 e. The van der Waals surface area contributed by atoms with E-state index in [4.69, 9.17) is 4.98 Å². The van der Waals surface area contributed by atoms with Crippen LogP contribution in [-0.2, 0) is 4.79 Å². The Labute approximate surface area is 240 Å². The number of nitrogens with one attached hydrogen (secondary N) is 4. The zero-order valence-corrected chi connectivity index (χ0v) is 23.4. The molecule has 0 saturated heterocycles. The van der Waals surface area contributed by atoms with E-state index < -0.39 is 0 Å². The summed E-state index contributed by atoms with van der Waals surface area (Å²) in [6, 6.07) is 10.4. The van der Waals surface area contributed by atoms with Crippen LogP contribution in [0, 0.1) is 5.82 Å². The molecule has 1 aromatic carbocycles. The van der Waals surface area contributed by atoms with Gasteiger partial charge < -0.3 is 20.5 Å². The number of anilines is 2. The number of aromatic amines is 2. The first kappa shape index (κ1) is 27.0. The highest BCUT2D eigenvalue weighted by Crippen LogP contribution is 2.33. The first-order valence-electron chi connectivity index (χ1n) is 13.5. The topological polar surface area (TPSA) is 140 Å². The van der Waals surface area contributed by atoms with Crippen molar-refractivity contribution in [3.63, 3.8) is 0 Å². The Hall–Kier alpha value is -5.23. The summed E-state index contributed by atoms with van der Waals surface area (Å²) in [5, 5.41) is 14.4. The van der Waals surface area contributed by atoms with E-state index in [-0.39, 0.29) is 11.7 Å². The first-order valence-corrected chi connectivity index (χ1v) is 13.5. The van der Waals surface area contributed by atoms with Gasteiger partial charge >= 0.3 is 0 Å². The Morgan fingerprint density at radius 1 is 0.976 bits per heavy atom. The molecule has 5 heterocycles. The van der Waals surface area contributed by atoms with Gasteiger partial charge in [0.05, 0.1) is 40.5 Å². The lowest BCUT2D eigenvalue weighted by molar-refractivity contribution is -0.115. The van der Waals surface area contributed by atoms with Crippen molar-refractivity contribution in [2.75, 3.05) is 37.8 Å². The number of H-pyrrole nitrogens is 2. The molecule has 0 fully saturated rings. The van der Waals surface area contributed by atoms with Crippen LogP contribution >= 0.6 is 0 Å². The number of hydrogen-bond donors (Lipinski definition) is 4. The van der Waals surface area contributed by atoms with E-state index in [2.05, 4.69) is 45.7 Å². The molecule has 42 heavy (non-hydrogen) atoms. The maximum absolute atomic E-state index is 14.6. The van der Waals surface area contributed by atoms with E-state index in [0.29, 0.717) is 58.3 Å². The molecule has 0 aliphatic carbocycles. The predicted octanol–water partition coefficient (Wildman–Crippen LogP) is 5.09. The summed E-state index contributed by atoms with van der Waals surface area (Å²) in [6.45, 7) is 3.28. The second-order valence-corrected chi connectivity index (χ2v) is 10.2. The number of nitrogens with zero attached hydrogens (tertiary/aromatic N) is 6. The van der Waals surface area contributed by atoms with Gasteiger partial charge in [-0.25, -0.2) is 9.37 Å². The van der Waals surface area contributed by atoms with E-state index in [1.165, 1.54) is 12.1 Å². The van der Waals surface area contributed by atoms with Crippen molar-refractivity contribution in [1.29, 1.82) is 0 Å². The summed E-state index contributed by atoms with van der Waals surface area (Å²) < 4.78 is 14.6. The van der Waals surface area contributed by atoms with Gasteiger partial charge in [-0.05, 0) is 50.5 Å². The van der Waals surface area contributed by atoms with Crippen molar-refractivity contribution in [3.05, 3.63) is 67.0 Å². The van der Waals surface area contributed by atoms with Gasteiger partial charge in [-0.1, -0.05) is 6.92 Å². The van der Waals surface area contributed by atoms with E-state index in [0.717, 1.165) is 28.5 Å².